The highest BCUT2D eigenvalue weighted by Crippen LogP contribution is 2.21. The Kier molecular flexibility index (Phi) is 6.03. The monoisotopic (exact) mass is 262 g/mol. The molecule has 0 bridgehead atoms. The van der Waals surface area contributed by atoms with Gasteiger partial charge in [-0.1, -0.05) is 44.2 Å². The van der Waals surface area contributed by atoms with Crippen LogP contribution >= 0.6 is 0 Å². The molecule has 1 rings (SSSR count). The lowest BCUT2D eigenvalue weighted by molar-refractivity contribution is -0.129. The molecule has 0 atom stereocenters. The molecule has 1 N–H and O–H groups in total. The summed E-state index contributed by atoms with van der Waals surface area (Å²) in [7, 11) is 4.09. The number of benzene rings is 1. The summed E-state index contributed by atoms with van der Waals surface area (Å²) in [4.78, 5) is 14.3. The predicted molar refractivity (Wildman–Crippen MR) is 80.1 cm³/mol. The van der Waals surface area contributed by atoms with E-state index in [-0.39, 0.29) is 11.3 Å². The van der Waals surface area contributed by atoms with E-state index in [1.807, 2.05) is 46.1 Å². The molecule has 0 heterocycles. The molecule has 0 spiro atoms. The Balaban J connectivity index is 2.41. The quantitative estimate of drug-likeness (QED) is 0.765. The molecular weight excluding hydrogens is 236 g/mol. The van der Waals surface area contributed by atoms with E-state index in [1.165, 1.54) is 5.56 Å². The number of amides is 1. The Morgan fingerprint density at radius 3 is 2.42 bits per heavy atom. The van der Waals surface area contributed by atoms with Gasteiger partial charge in [0.1, 0.15) is 0 Å². The Bertz CT molecular complexity index is 385. The number of hydrogen-bond acceptors (Lipinski definition) is 2. The van der Waals surface area contributed by atoms with Gasteiger partial charge in [0.05, 0.1) is 0 Å². The maximum Gasteiger partial charge on any atom is 0.225 e. The average Bonchev–Trinajstić information content (AvgIpc) is 2.34. The molecule has 1 amide bonds. The number of nitrogens with zero attached hydrogens (tertiary/aromatic N) is 1. The zero-order valence-corrected chi connectivity index (χ0v) is 12.6. The maximum absolute atomic E-state index is 12.2. The molecule has 3 nitrogen and oxygen atoms in total. The fraction of sp³-hybridized carbons (Fsp3) is 0.562. The van der Waals surface area contributed by atoms with Crippen LogP contribution in [0.5, 0.6) is 0 Å². The molecule has 0 saturated heterocycles. The van der Waals surface area contributed by atoms with Crippen molar-refractivity contribution in [2.45, 2.75) is 26.7 Å². The van der Waals surface area contributed by atoms with Gasteiger partial charge in [0.2, 0.25) is 5.91 Å². The van der Waals surface area contributed by atoms with Gasteiger partial charge in [-0.3, -0.25) is 4.79 Å². The second-order valence-electron chi connectivity index (χ2n) is 5.96. The van der Waals surface area contributed by atoms with Gasteiger partial charge in [-0.2, -0.15) is 0 Å². The summed E-state index contributed by atoms with van der Waals surface area (Å²) in [6.07, 6.45) is 1.76. The van der Waals surface area contributed by atoms with Crippen LogP contribution in [0.25, 0.3) is 0 Å². The summed E-state index contributed by atoms with van der Waals surface area (Å²) >= 11 is 0. The molecule has 0 unspecified atom stereocenters. The second-order valence-corrected chi connectivity index (χ2v) is 5.96. The lowest BCUT2D eigenvalue weighted by Crippen LogP contribution is -2.39. The Labute approximate surface area is 117 Å². The highest BCUT2D eigenvalue weighted by atomic mass is 16.2. The Hall–Kier alpha value is -1.35. The van der Waals surface area contributed by atoms with E-state index >= 15 is 0 Å². The largest absolute Gasteiger partial charge is 0.356 e. The van der Waals surface area contributed by atoms with E-state index in [1.54, 1.807) is 0 Å². The molecule has 0 aromatic heterocycles. The summed E-state index contributed by atoms with van der Waals surface area (Å²) in [6, 6.07) is 10.2. The van der Waals surface area contributed by atoms with Crippen molar-refractivity contribution in [2.75, 3.05) is 27.2 Å². The van der Waals surface area contributed by atoms with Gasteiger partial charge in [0, 0.05) is 12.0 Å². The van der Waals surface area contributed by atoms with E-state index < -0.39 is 0 Å². The molecule has 0 aliphatic heterocycles. The summed E-state index contributed by atoms with van der Waals surface area (Å²) in [5, 5.41) is 3.03. The lowest BCUT2D eigenvalue weighted by atomic mass is 9.85. The molecule has 0 aliphatic rings. The van der Waals surface area contributed by atoms with E-state index in [4.69, 9.17) is 0 Å². The minimum Gasteiger partial charge on any atom is -0.356 e. The van der Waals surface area contributed by atoms with Gasteiger partial charge >= 0.3 is 0 Å². The summed E-state index contributed by atoms with van der Waals surface area (Å²) in [5.41, 5.74) is 0.843. The van der Waals surface area contributed by atoms with Crippen LogP contribution in [0.2, 0.25) is 0 Å². The van der Waals surface area contributed by atoms with Crippen molar-refractivity contribution in [2.24, 2.45) is 5.41 Å². The van der Waals surface area contributed by atoms with Crippen LogP contribution in [-0.2, 0) is 11.2 Å². The van der Waals surface area contributed by atoms with Crippen molar-refractivity contribution >= 4 is 5.91 Å². The third kappa shape index (κ3) is 5.88. The number of nitrogens with one attached hydrogen (secondary N) is 1. The Morgan fingerprint density at radius 2 is 1.84 bits per heavy atom. The standard InChI is InChI=1S/C16H26N2O/c1-16(2,13-14-9-6-5-7-10-14)15(19)17-11-8-12-18(3)4/h5-7,9-10H,8,11-13H2,1-4H3,(H,17,19). The normalized spacial score (nSPS) is 11.6. The second kappa shape index (κ2) is 7.29. The first-order valence-corrected chi connectivity index (χ1v) is 6.89. The van der Waals surface area contributed by atoms with Gasteiger partial charge in [-0.25, -0.2) is 0 Å². The molecule has 0 fully saturated rings. The molecule has 0 aliphatic carbocycles. The highest BCUT2D eigenvalue weighted by Gasteiger charge is 2.27. The molecule has 0 saturated carbocycles. The third-order valence-electron chi connectivity index (χ3n) is 3.17. The van der Waals surface area contributed by atoms with Gasteiger partial charge in [0.25, 0.3) is 0 Å². The average molecular weight is 262 g/mol. The Morgan fingerprint density at radius 1 is 1.21 bits per heavy atom. The number of carbonyl (C=O) groups is 1. The summed E-state index contributed by atoms with van der Waals surface area (Å²) in [5.74, 6) is 0.134. The molecule has 19 heavy (non-hydrogen) atoms. The van der Waals surface area contributed by atoms with Crippen LogP contribution in [0, 0.1) is 5.41 Å². The van der Waals surface area contributed by atoms with E-state index in [9.17, 15) is 4.79 Å². The summed E-state index contributed by atoms with van der Waals surface area (Å²) in [6.45, 7) is 5.75. The van der Waals surface area contributed by atoms with Gasteiger partial charge in [-0.15, -0.1) is 0 Å². The zero-order chi connectivity index (χ0) is 14.3. The topological polar surface area (TPSA) is 32.3 Å². The predicted octanol–water partition coefficient (Wildman–Crippen LogP) is 2.32. The summed E-state index contributed by atoms with van der Waals surface area (Å²) < 4.78 is 0. The zero-order valence-electron chi connectivity index (χ0n) is 12.6. The molecule has 106 valence electrons. The minimum atomic E-state index is -0.362. The van der Waals surface area contributed by atoms with Gasteiger partial charge < -0.3 is 10.2 Å². The smallest absolute Gasteiger partial charge is 0.225 e. The lowest BCUT2D eigenvalue weighted by Gasteiger charge is -2.24. The number of hydrogen-bond donors (Lipinski definition) is 1. The minimum absolute atomic E-state index is 0.134. The van der Waals surface area contributed by atoms with Crippen LogP contribution in [0.3, 0.4) is 0 Å². The maximum atomic E-state index is 12.2. The van der Waals surface area contributed by atoms with Crippen LogP contribution in [-0.4, -0.2) is 38.0 Å². The van der Waals surface area contributed by atoms with Crippen LogP contribution < -0.4 is 5.32 Å². The molecule has 1 aromatic carbocycles. The molecular formula is C16H26N2O. The first kappa shape index (κ1) is 15.7. The first-order chi connectivity index (χ1) is 8.92. The van der Waals surface area contributed by atoms with Crippen molar-refractivity contribution in [3.05, 3.63) is 35.9 Å². The SMILES string of the molecule is CN(C)CCCNC(=O)C(C)(C)Cc1ccccc1. The molecule has 0 radical (unpaired) electrons. The van der Waals surface area contributed by atoms with Crippen LogP contribution in [0.4, 0.5) is 0 Å². The van der Waals surface area contributed by atoms with E-state index in [0.717, 1.165) is 25.9 Å². The van der Waals surface area contributed by atoms with E-state index in [2.05, 4.69) is 22.3 Å². The van der Waals surface area contributed by atoms with Crippen molar-refractivity contribution in [3.8, 4) is 0 Å². The van der Waals surface area contributed by atoms with Crippen molar-refractivity contribution in [3.63, 3.8) is 0 Å². The number of rotatable bonds is 7. The van der Waals surface area contributed by atoms with Crippen LogP contribution in [0.1, 0.15) is 25.8 Å². The van der Waals surface area contributed by atoms with E-state index in [0.29, 0.717) is 0 Å². The van der Waals surface area contributed by atoms with Crippen LogP contribution in [0.15, 0.2) is 30.3 Å². The third-order valence-corrected chi connectivity index (χ3v) is 3.17. The number of carbonyl (C=O) groups excluding carboxylic acids is 1. The van der Waals surface area contributed by atoms with Crippen molar-refractivity contribution in [1.29, 1.82) is 0 Å². The van der Waals surface area contributed by atoms with Gasteiger partial charge in [-0.05, 0) is 39.0 Å². The van der Waals surface area contributed by atoms with Crippen molar-refractivity contribution in [1.82, 2.24) is 10.2 Å². The fourth-order valence-electron chi connectivity index (χ4n) is 2.02. The highest BCUT2D eigenvalue weighted by molar-refractivity contribution is 5.82. The molecule has 1 aromatic rings. The van der Waals surface area contributed by atoms with Gasteiger partial charge in [0.15, 0.2) is 0 Å². The van der Waals surface area contributed by atoms with Crippen molar-refractivity contribution < 1.29 is 4.79 Å². The first-order valence-electron chi connectivity index (χ1n) is 6.89. The molecule has 3 heteroatoms. The fourth-order valence-corrected chi connectivity index (χ4v) is 2.02.